The fourth-order valence-corrected chi connectivity index (χ4v) is 5.17. The zero-order valence-electron chi connectivity index (χ0n) is 28.3. The number of phenols is 1. The Bertz CT molecular complexity index is 1690. The maximum atomic E-state index is 11.7. The number of aromatic hydroxyl groups is 1. The van der Waals surface area contributed by atoms with Crippen LogP contribution in [0.5, 0.6) is 11.5 Å². The van der Waals surface area contributed by atoms with Gasteiger partial charge in [0, 0.05) is 16.8 Å². The van der Waals surface area contributed by atoms with Gasteiger partial charge in [-0.25, -0.2) is 9.78 Å². The molecule has 0 atom stereocenters. The number of aromatic carboxylic acids is 1. The number of aromatic nitrogens is 1. The quantitative estimate of drug-likeness (QED) is 0.191. The number of pyridine rings is 1. The van der Waals surface area contributed by atoms with E-state index >= 15 is 0 Å². The summed E-state index contributed by atoms with van der Waals surface area (Å²) in [6, 6.07) is 20.0. The van der Waals surface area contributed by atoms with Crippen molar-refractivity contribution in [2.45, 2.75) is 81.1 Å². The summed E-state index contributed by atoms with van der Waals surface area (Å²) in [5.41, 5.74) is 11.3. The number of nitrogens with zero attached hydrogens (tertiary/aromatic N) is 3. The molecule has 1 heterocycles. The molecule has 4 rings (SSSR count). The number of rotatable bonds is 7. The van der Waals surface area contributed by atoms with Crippen LogP contribution in [0.4, 0.5) is 11.4 Å². The second kappa shape index (κ2) is 16.3. The van der Waals surface area contributed by atoms with Crippen molar-refractivity contribution in [3.8, 4) is 11.5 Å². The van der Waals surface area contributed by atoms with Gasteiger partial charge in [-0.2, -0.15) is 0 Å². The van der Waals surface area contributed by atoms with E-state index in [2.05, 4.69) is 64.1 Å². The van der Waals surface area contributed by atoms with E-state index in [1.54, 1.807) is 0 Å². The van der Waals surface area contributed by atoms with E-state index in [0.29, 0.717) is 5.56 Å². The SMILES string of the molecule is CC(=Nc1ccc(C)cc1C)c1cccc(C(C)=Nc2ccc(C)cc2C)n1.CC(C)c1cc(O)c([O-])c(C(=O)O)c1C(C)C.[Co]. The Morgan fingerprint density at radius 3 is 1.59 bits per heavy atom. The smallest absolute Gasteiger partial charge is 0.335 e. The Morgan fingerprint density at radius 2 is 1.22 bits per heavy atom. The Hall–Kier alpha value is -4.27. The van der Waals surface area contributed by atoms with Crippen molar-refractivity contribution in [1.29, 1.82) is 0 Å². The number of carboxylic acid groups (broad SMARTS) is 1. The summed E-state index contributed by atoms with van der Waals surface area (Å²) in [7, 11) is 0. The number of aryl methyl sites for hydroxylation is 4. The van der Waals surface area contributed by atoms with Gasteiger partial charge >= 0.3 is 5.97 Å². The van der Waals surface area contributed by atoms with E-state index in [4.69, 9.17) is 20.1 Å². The maximum Gasteiger partial charge on any atom is 0.335 e. The minimum atomic E-state index is -1.28. The second-order valence-electron chi connectivity index (χ2n) is 12.1. The normalized spacial score (nSPS) is 11.7. The first kappa shape index (κ1) is 37.9. The minimum Gasteiger partial charge on any atom is -0.869 e. The number of carbonyl (C=O) groups is 1. The van der Waals surface area contributed by atoms with Gasteiger partial charge in [-0.1, -0.05) is 74.9 Å². The van der Waals surface area contributed by atoms with E-state index in [9.17, 15) is 15.0 Å². The van der Waals surface area contributed by atoms with Gasteiger partial charge in [0.2, 0.25) is 0 Å². The molecule has 0 saturated carbocycles. The molecule has 2 N–H and O–H groups in total. The molecular formula is C38H44CoN3O4-. The molecule has 3 aromatic carbocycles. The van der Waals surface area contributed by atoms with Crippen LogP contribution in [-0.4, -0.2) is 32.6 Å². The summed E-state index contributed by atoms with van der Waals surface area (Å²) in [5.74, 6) is -2.60. The number of carboxylic acids is 1. The molecule has 245 valence electrons. The minimum absolute atomic E-state index is 0. The van der Waals surface area contributed by atoms with Crippen molar-refractivity contribution in [3.63, 3.8) is 0 Å². The molecule has 1 radical (unpaired) electrons. The number of benzene rings is 3. The van der Waals surface area contributed by atoms with Crippen molar-refractivity contribution < 1.29 is 36.9 Å². The summed E-state index contributed by atoms with van der Waals surface area (Å²) in [6.07, 6.45) is 0. The molecule has 0 aliphatic carbocycles. The van der Waals surface area contributed by atoms with Crippen molar-refractivity contribution in [1.82, 2.24) is 4.98 Å². The van der Waals surface area contributed by atoms with Crippen LogP contribution in [0.2, 0.25) is 0 Å². The summed E-state index contributed by atoms with van der Waals surface area (Å²) >= 11 is 0. The molecule has 4 aromatic rings. The largest absolute Gasteiger partial charge is 0.869 e. The van der Waals surface area contributed by atoms with Crippen molar-refractivity contribution in [3.05, 3.63) is 111 Å². The van der Waals surface area contributed by atoms with Crippen LogP contribution in [-0.2, 0) is 16.8 Å². The third kappa shape index (κ3) is 9.37. The maximum absolute atomic E-state index is 11.7. The second-order valence-corrected chi connectivity index (χ2v) is 12.1. The van der Waals surface area contributed by atoms with E-state index in [-0.39, 0.29) is 34.2 Å². The van der Waals surface area contributed by atoms with E-state index in [1.165, 1.54) is 28.3 Å². The predicted molar refractivity (Wildman–Crippen MR) is 183 cm³/mol. The molecule has 0 amide bonds. The van der Waals surface area contributed by atoms with E-state index < -0.39 is 17.5 Å². The zero-order valence-corrected chi connectivity index (χ0v) is 29.4. The van der Waals surface area contributed by atoms with Gasteiger partial charge in [0.05, 0.1) is 39.7 Å². The third-order valence-corrected chi connectivity index (χ3v) is 7.52. The van der Waals surface area contributed by atoms with E-state index in [0.717, 1.165) is 39.7 Å². The Balaban J connectivity index is 0.000000353. The summed E-state index contributed by atoms with van der Waals surface area (Å²) < 4.78 is 0. The van der Waals surface area contributed by atoms with Crippen LogP contribution in [0.1, 0.15) is 109 Å². The molecular weight excluding hydrogens is 621 g/mol. The van der Waals surface area contributed by atoms with Gasteiger partial charge in [0.15, 0.2) is 0 Å². The van der Waals surface area contributed by atoms with Crippen LogP contribution in [0.3, 0.4) is 0 Å². The fraction of sp³-hybridized carbons (Fsp3) is 0.316. The Labute approximate surface area is 283 Å². The van der Waals surface area contributed by atoms with Crippen LogP contribution in [0.15, 0.2) is 70.6 Å². The first-order chi connectivity index (χ1) is 21.1. The number of hydrogen-bond acceptors (Lipinski definition) is 6. The van der Waals surface area contributed by atoms with Crippen LogP contribution < -0.4 is 5.11 Å². The molecule has 0 fully saturated rings. The molecule has 0 saturated heterocycles. The van der Waals surface area contributed by atoms with Crippen molar-refractivity contribution in [2.75, 3.05) is 0 Å². The van der Waals surface area contributed by atoms with Crippen molar-refractivity contribution >= 4 is 28.8 Å². The van der Waals surface area contributed by atoms with E-state index in [1.807, 2.05) is 59.7 Å². The molecule has 7 nitrogen and oxygen atoms in total. The topological polar surface area (TPSA) is 118 Å². The summed E-state index contributed by atoms with van der Waals surface area (Å²) in [6.45, 7) is 19.8. The van der Waals surface area contributed by atoms with Gasteiger partial charge in [-0.3, -0.25) is 9.98 Å². The first-order valence-electron chi connectivity index (χ1n) is 15.1. The predicted octanol–water partition coefficient (Wildman–Crippen LogP) is 9.00. The van der Waals surface area contributed by atoms with Gasteiger partial charge in [-0.15, -0.1) is 0 Å². The third-order valence-electron chi connectivity index (χ3n) is 7.52. The Kier molecular flexibility index (Phi) is 13.5. The molecule has 0 aliphatic heterocycles. The van der Waals surface area contributed by atoms with Crippen molar-refractivity contribution in [2.24, 2.45) is 9.98 Å². The number of phenolic OH excluding ortho intramolecular Hbond substituents is 1. The molecule has 46 heavy (non-hydrogen) atoms. The van der Waals surface area contributed by atoms with Crippen LogP contribution >= 0.6 is 0 Å². The zero-order chi connectivity index (χ0) is 33.6. The van der Waals surface area contributed by atoms with Gasteiger partial charge in [-0.05, 0) is 106 Å². The molecule has 0 spiro atoms. The number of hydrogen-bond donors (Lipinski definition) is 2. The molecule has 0 unspecified atom stereocenters. The standard InChI is InChI=1S/C25H27N3.C13H18O4.Co/c1-16-10-12-22(18(3)14-16)26-20(5)24-8-7-9-25(28-24)21(6)27-23-13-11-17(2)15-19(23)4;1-6(2)8-5-9(14)12(15)11(13(16)17)10(8)7(3)4;/h7-15H,1-6H3;5-7,14-15H,1-4H3,(H,16,17);/p-1. The molecule has 0 bridgehead atoms. The molecule has 1 aromatic heterocycles. The Morgan fingerprint density at radius 1 is 0.761 bits per heavy atom. The van der Waals surface area contributed by atoms with Gasteiger partial charge in [0.25, 0.3) is 0 Å². The fourth-order valence-electron chi connectivity index (χ4n) is 5.17. The first-order valence-corrected chi connectivity index (χ1v) is 15.1. The monoisotopic (exact) mass is 665 g/mol. The molecule has 0 aliphatic rings. The average Bonchev–Trinajstić information content (AvgIpc) is 2.97. The average molecular weight is 666 g/mol. The van der Waals surface area contributed by atoms with Gasteiger partial charge < -0.3 is 15.3 Å². The van der Waals surface area contributed by atoms with Gasteiger partial charge in [0.1, 0.15) is 5.75 Å². The van der Waals surface area contributed by atoms with Crippen LogP contribution in [0, 0.1) is 27.7 Å². The summed E-state index contributed by atoms with van der Waals surface area (Å²) in [5, 5.41) is 30.3. The molecule has 8 heteroatoms. The summed E-state index contributed by atoms with van der Waals surface area (Å²) in [4.78, 5) is 25.5. The number of aliphatic imine (C=N–C) groups is 2. The van der Waals surface area contributed by atoms with Crippen LogP contribution in [0.25, 0.3) is 0 Å².